The monoisotopic (exact) mass is 241 g/mol. The summed E-state index contributed by atoms with van der Waals surface area (Å²) < 4.78 is 5.76. The lowest BCUT2D eigenvalue weighted by Gasteiger charge is -2.30. The molecule has 4 nitrogen and oxygen atoms in total. The van der Waals surface area contributed by atoms with Gasteiger partial charge in [0.15, 0.2) is 0 Å². The molecule has 16 heavy (non-hydrogen) atoms. The molecule has 0 spiro atoms. The Balaban J connectivity index is 1.99. The lowest BCUT2D eigenvalue weighted by atomic mass is 10.3. The fraction of sp³-hybridized carbons (Fsp3) is 0.727. The molecule has 2 heterocycles. The van der Waals surface area contributed by atoms with Crippen molar-refractivity contribution in [2.24, 2.45) is 5.73 Å². The molecule has 1 atom stereocenters. The molecular formula is C11H19N3OS. The van der Waals surface area contributed by atoms with Gasteiger partial charge in [0.25, 0.3) is 0 Å². The number of nitrogens with zero attached hydrogens (tertiary/aromatic N) is 2. The zero-order valence-electron chi connectivity index (χ0n) is 9.69. The summed E-state index contributed by atoms with van der Waals surface area (Å²) in [6.45, 7) is 6.74. The van der Waals surface area contributed by atoms with Crippen molar-refractivity contribution in [2.45, 2.75) is 19.4 Å². The molecule has 1 saturated heterocycles. The van der Waals surface area contributed by atoms with Crippen molar-refractivity contribution in [3.8, 4) is 0 Å². The Morgan fingerprint density at radius 2 is 2.56 bits per heavy atom. The summed E-state index contributed by atoms with van der Waals surface area (Å²) in [4.78, 5) is 6.98. The van der Waals surface area contributed by atoms with Gasteiger partial charge in [0.05, 0.1) is 12.3 Å². The van der Waals surface area contributed by atoms with Crippen LogP contribution in [0.2, 0.25) is 0 Å². The van der Waals surface area contributed by atoms with Gasteiger partial charge in [0, 0.05) is 24.9 Å². The van der Waals surface area contributed by atoms with Gasteiger partial charge in [0.1, 0.15) is 11.1 Å². The van der Waals surface area contributed by atoms with Crippen LogP contribution in [0.25, 0.3) is 0 Å². The fourth-order valence-electron chi connectivity index (χ4n) is 1.87. The smallest absolute Gasteiger partial charge is 0.123 e. The number of thiazole rings is 1. The summed E-state index contributed by atoms with van der Waals surface area (Å²) in [5, 5.41) is 3.19. The van der Waals surface area contributed by atoms with E-state index in [1.807, 2.05) is 0 Å². The SMILES string of the molecule is CCN1CCOC(c2nc(CCN)cs2)C1. The van der Waals surface area contributed by atoms with Gasteiger partial charge in [-0.1, -0.05) is 6.92 Å². The number of nitrogens with two attached hydrogens (primary N) is 1. The zero-order valence-corrected chi connectivity index (χ0v) is 10.5. The Kier molecular flexibility index (Phi) is 4.29. The van der Waals surface area contributed by atoms with Gasteiger partial charge in [0.2, 0.25) is 0 Å². The van der Waals surface area contributed by atoms with E-state index in [1.54, 1.807) is 11.3 Å². The van der Waals surface area contributed by atoms with Crippen molar-refractivity contribution in [1.82, 2.24) is 9.88 Å². The average Bonchev–Trinajstić information content (AvgIpc) is 2.78. The predicted octanol–water partition coefficient (Wildman–Crippen LogP) is 1.04. The van der Waals surface area contributed by atoms with Crippen LogP contribution < -0.4 is 5.73 Å². The molecule has 1 aliphatic rings. The number of rotatable bonds is 4. The highest BCUT2D eigenvalue weighted by atomic mass is 32.1. The first-order valence-electron chi connectivity index (χ1n) is 5.81. The van der Waals surface area contributed by atoms with Crippen LogP contribution in [0.15, 0.2) is 5.38 Å². The highest BCUT2D eigenvalue weighted by Crippen LogP contribution is 2.25. The maximum atomic E-state index is 5.76. The molecular weight excluding hydrogens is 222 g/mol. The Bertz CT molecular complexity index is 329. The van der Waals surface area contributed by atoms with Crippen LogP contribution in [0.5, 0.6) is 0 Å². The quantitative estimate of drug-likeness (QED) is 0.855. The van der Waals surface area contributed by atoms with E-state index in [1.165, 1.54) is 0 Å². The standard InChI is InChI=1S/C11H19N3OS/c1-2-14-5-6-15-10(7-14)11-13-9(3-4-12)8-16-11/h8,10H,2-7,12H2,1H3. The number of morpholine rings is 1. The largest absolute Gasteiger partial charge is 0.368 e. The van der Waals surface area contributed by atoms with Crippen LogP contribution in [0.4, 0.5) is 0 Å². The van der Waals surface area contributed by atoms with E-state index in [0.29, 0.717) is 6.54 Å². The van der Waals surface area contributed by atoms with E-state index >= 15 is 0 Å². The fourth-order valence-corrected chi connectivity index (χ4v) is 2.76. The maximum Gasteiger partial charge on any atom is 0.123 e. The van der Waals surface area contributed by atoms with Gasteiger partial charge in [-0.15, -0.1) is 11.3 Å². The summed E-state index contributed by atoms with van der Waals surface area (Å²) in [6, 6.07) is 0. The number of ether oxygens (including phenoxy) is 1. The average molecular weight is 241 g/mol. The molecule has 0 bridgehead atoms. The van der Waals surface area contributed by atoms with Crippen molar-refractivity contribution >= 4 is 11.3 Å². The molecule has 1 fully saturated rings. The molecule has 1 aromatic heterocycles. The molecule has 0 radical (unpaired) electrons. The molecule has 90 valence electrons. The van der Waals surface area contributed by atoms with Gasteiger partial charge in [-0.05, 0) is 13.1 Å². The normalized spacial score (nSPS) is 22.5. The zero-order chi connectivity index (χ0) is 11.4. The minimum absolute atomic E-state index is 0.158. The summed E-state index contributed by atoms with van der Waals surface area (Å²) in [6.07, 6.45) is 1.02. The van der Waals surface area contributed by atoms with E-state index in [2.05, 4.69) is 22.2 Å². The minimum Gasteiger partial charge on any atom is -0.368 e. The molecule has 1 aliphatic heterocycles. The Morgan fingerprint density at radius 1 is 1.69 bits per heavy atom. The van der Waals surface area contributed by atoms with Crippen LogP contribution in [0.3, 0.4) is 0 Å². The third-order valence-corrected chi connectivity index (χ3v) is 3.83. The Hall–Kier alpha value is -0.490. The summed E-state index contributed by atoms with van der Waals surface area (Å²) in [5.41, 5.74) is 6.61. The lowest BCUT2D eigenvalue weighted by molar-refractivity contribution is -0.0283. The van der Waals surface area contributed by atoms with Crippen LogP contribution in [-0.2, 0) is 11.2 Å². The molecule has 0 amide bonds. The van der Waals surface area contributed by atoms with Crippen LogP contribution >= 0.6 is 11.3 Å². The predicted molar refractivity (Wildman–Crippen MR) is 65.7 cm³/mol. The minimum atomic E-state index is 0.158. The van der Waals surface area contributed by atoms with Crippen molar-refractivity contribution in [3.63, 3.8) is 0 Å². The first kappa shape index (κ1) is 12.0. The Morgan fingerprint density at radius 3 is 3.31 bits per heavy atom. The van der Waals surface area contributed by atoms with E-state index < -0.39 is 0 Å². The highest BCUT2D eigenvalue weighted by Gasteiger charge is 2.23. The summed E-state index contributed by atoms with van der Waals surface area (Å²) >= 11 is 1.69. The van der Waals surface area contributed by atoms with Crippen molar-refractivity contribution in [1.29, 1.82) is 0 Å². The van der Waals surface area contributed by atoms with Gasteiger partial charge in [-0.2, -0.15) is 0 Å². The topological polar surface area (TPSA) is 51.4 Å². The van der Waals surface area contributed by atoms with Gasteiger partial charge >= 0.3 is 0 Å². The molecule has 5 heteroatoms. The first-order chi connectivity index (χ1) is 7.83. The third-order valence-electron chi connectivity index (χ3n) is 2.84. The number of hydrogen-bond donors (Lipinski definition) is 1. The van der Waals surface area contributed by atoms with Gasteiger partial charge in [-0.25, -0.2) is 4.98 Å². The summed E-state index contributed by atoms with van der Waals surface area (Å²) in [7, 11) is 0. The third kappa shape index (κ3) is 2.79. The lowest BCUT2D eigenvalue weighted by Crippen LogP contribution is -2.38. The first-order valence-corrected chi connectivity index (χ1v) is 6.69. The second-order valence-corrected chi connectivity index (χ2v) is 4.86. The molecule has 2 N–H and O–H groups in total. The van der Waals surface area contributed by atoms with E-state index in [0.717, 1.165) is 43.4 Å². The highest BCUT2D eigenvalue weighted by molar-refractivity contribution is 7.09. The van der Waals surface area contributed by atoms with Crippen LogP contribution in [0.1, 0.15) is 23.7 Å². The van der Waals surface area contributed by atoms with Crippen molar-refractivity contribution in [3.05, 3.63) is 16.1 Å². The van der Waals surface area contributed by atoms with Crippen molar-refractivity contribution < 1.29 is 4.74 Å². The van der Waals surface area contributed by atoms with Crippen LogP contribution in [-0.4, -0.2) is 42.7 Å². The van der Waals surface area contributed by atoms with Crippen LogP contribution in [0, 0.1) is 0 Å². The molecule has 1 aromatic rings. The molecule has 0 aromatic carbocycles. The van der Waals surface area contributed by atoms with Crippen molar-refractivity contribution in [2.75, 3.05) is 32.8 Å². The number of aromatic nitrogens is 1. The van der Waals surface area contributed by atoms with Gasteiger partial charge in [-0.3, -0.25) is 4.90 Å². The molecule has 0 aliphatic carbocycles. The molecule has 1 unspecified atom stereocenters. The maximum absolute atomic E-state index is 5.76. The van der Waals surface area contributed by atoms with E-state index in [4.69, 9.17) is 10.5 Å². The molecule has 2 rings (SSSR count). The summed E-state index contributed by atoms with van der Waals surface area (Å²) in [5.74, 6) is 0. The van der Waals surface area contributed by atoms with E-state index in [9.17, 15) is 0 Å². The second kappa shape index (κ2) is 5.72. The number of hydrogen-bond acceptors (Lipinski definition) is 5. The van der Waals surface area contributed by atoms with Gasteiger partial charge < -0.3 is 10.5 Å². The molecule has 0 saturated carbocycles. The van der Waals surface area contributed by atoms with E-state index in [-0.39, 0.29) is 6.10 Å². The number of likely N-dealkylation sites (N-methyl/N-ethyl adjacent to an activating group) is 1. The Labute approximate surface area is 100 Å². The second-order valence-electron chi connectivity index (χ2n) is 3.97.